The lowest BCUT2D eigenvalue weighted by atomic mass is 10.3. The molecule has 0 saturated carbocycles. The normalized spacial score (nSPS) is 20.8. The molecule has 3 heterocycles. The highest BCUT2D eigenvalue weighted by Crippen LogP contribution is 2.17. The molecule has 21 heavy (non-hydrogen) atoms. The minimum atomic E-state index is 0.291. The second kappa shape index (κ2) is 6.40. The zero-order chi connectivity index (χ0) is 14.7. The van der Waals surface area contributed by atoms with Crippen LogP contribution >= 0.6 is 0 Å². The molecule has 2 saturated heterocycles. The highest BCUT2D eigenvalue weighted by Gasteiger charge is 2.21. The van der Waals surface area contributed by atoms with Crippen LogP contribution in [0.2, 0.25) is 0 Å². The molecule has 0 aromatic carbocycles. The van der Waals surface area contributed by atoms with Gasteiger partial charge in [-0.15, -0.1) is 0 Å². The maximum Gasteiger partial charge on any atom is 0.232 e. The van der Waals surface area contributed by atoms with Crippen LogP contribution in [0.1, 0.15) is 6.92 Å². The van der Waals surface area contributed by atoms with Crippen LogP contribution in [0.25, 0.3) is 0 Å². The molecule has 0 atom stereocenters. The minimum Gasteiger partial charge on any atom is -0.378 e. The molecule has 1 aromatic heterocycles. The SMILES string of the molecule is CCN1CCN(c2nc(N)nc(N3CCOCC3)n2)CC1. The van der Waals surface area contributed by atoms with Crippen molar-refractivity contribution in [3.05, 3.63) is 0 Å². The van der Waals surface area contributed by atoms with Crippen LogP contribution in [0.4, 0.5) is 17.8 Å². The summed E-state index contributed by atoms with van der Waals surface area (Å²) in [5, 5.41) is 0. The first-order valence-electron chi connectivity index (χ1n) is 7.58. The van der Waals surface area contributed by atoms with Crippen molar-refractivity contribution >= 4 is 17.8 Å². The third-order valence-electron chi connectivity index (χ3n) is 4.03. The Labute approximate surface area is 124 Å². The monoisotopic (exact) mass is 293 g/mol. The predicted molar refractivity (Wildman–Crippen MR) is 81.6 cm³/mol. The third-order valence-corrected chi connectivity index (χ3v) is 4.03. The van der Waals surface area contributed by atoms with Crippen LogP contribution in [0.3, 0.4) is 0 Å². The van der Waals surface area contributed by atoms with E-state index in [1.165, 1.54) is 0 Å². The molecule has 0 aliphatic carbocycles. The molecule has 0 unspecified atom stereocenters. The van der Waals surface area contributed by atoms with E-state index in [0.717, 1.165) is 45.8 Å². The smallest absolute Gasteiger partial charge is 0.232 e. The number of anilines is 3. The number of rotatable bonds is 3. The molecule has 0 amide bonds. The van der Waals surface area contributed by atoms with E-state index < -0.39 is 0 Å². The first-order chi connectivity index (χ1) is 10.3. The van der Waals surface area contributed by atoms with Crippen molar-refractivity contribution < 1.29 is 4.74 Å². The Bertz CT molecular complexity index is 470. The van der Waals surface area contributed by atoms with Gasteiger partial charge in [0.1, 0.15) is 0 Å². The predicted octanol–water partition coefficient (Wildman–Crippen LogP) is -0.568. The van der Waals surface area contributed by atoms with Crippen LogP contribution in [0, 0.1) is 0 Å². The Kier molecular flexibility index (Phi) is 4.35. The molecule has 2 aliphatic heterocycles. The lowest BCUT2D eigenvalue weighted by Gasteiger charge is -2.34. The van der Waals surface area contributed by atoms with Crippen LogP contribution < -0.4 is 15.5 Å². The van der Waals surface area contributed by atoms with Gasteiger partial charge in [0.25, 0.3) is 0 Å². The standard InChI is InChI=1S/C13H23N7O/c1-2-18-3-5-19(6-4-18)12-15-11(14)16-13(17-12)20-7-9-21-10-8-20/h2-10H2,1H3,(H2,14,15,16,17). The van der Waals surface area contributed by atoms with Crippen molar-refractivity contribution in [3.8, 4) is 0 Å². The van der Waals surface area contributed by atoms with Crippen molar-refractivity contribution in [2.45, 2.75) is 6.92 Å². The molecule has 2 fully saturated rings. The van der Waals surface area contributed by atoms with Crippen molar-refractivity contribution in [2.75, 3.05) is 74.6 Å². The largest absolute Gasteiger partial charge is 0.378 e. The molecular weight excluding hydrogens is 270 g/mol. The van der Waals surface area contributed by atoms with E-state index in [2.05, 4.69) is 36.6 Å². The highest BCUT2D eigenvalue weighted by atomic mass is 16.5. The molecule has 3 rings (SSSR count). The number of morpholine rings is 1. The summed E-state index contributed by atoms with van der Waals surface area (Å²) in [6, 6.07) is 0. The quantitative estimate of drug-likeness (QED) is 0.793. The molecule has 2 aliphatic rings. The average Bonchev–Trinajstić information content (AvgIpc) is 2.55. The van der Waals surface area contributed by atoms with Crippen LogP contribution in [-0.4, -0.2) is 78.9 Å². The zero-order valence-electron chi connectivity index (χ0n) is 12.5. The molecule has 8 nitrogen and oxygen atoms in total. The number of nitrogens with two attached hydrogens (primary N) is 1. The first kappa shape index (κ1) is 14.3. The van der Waals surface area contributed by atoms with Gasteiger partial charge in [0.2, 0.25) is 17.8 Å². The number of likely N-dealkylation sites (N-methyl/N-ethyl adjacent to an activating group) is 1. The molecule has 1 aromatic rings. The maximum absolute atomic E-state index is 5.87. The number of aromatic nitrogens is 3. The molecule has 8 heteroatoms. The van der Waals surface area contributed by atoms with Gasteiger partial charge in [0.15, 0.2) is 0 Å². The summed E-state index contributed by atoms with van der Waals surface area (Å²) in [6.45, 7) is 10.2. The maximum atomic E-state index is 5.87. The number of nitrogens with zero attached hydrogens (tertiary/aromatic N) is 6. The molecule has 0 bridgehead atoms. The first-order valence-corrected chi connectivity index (χ1v) is 7.58. The lowest BCUT2D eigenvalue weighted by molar-refractivity contribution is 0.122. The summed E-state index contributed by atoms with van der Waals surface area (Å²) in [7, 11) is 0. The van der Waals surface area contributed by atoms with Crippen LogP contribution in [0.15, 0.2) is 0 Å². The zero-order valence-corrected chi connectivity index (χ0v) is 12.5. The average molecular weight is 293 g/mol. The summed E-state index contributed by atoms with van der Waals surface area (Å²) in [5.74, 6) is 1.65. The van der Waals surface area contributed by atoms with Gasteiger partial charge in [-0.1, -0.05) is 6.92 Å². The fourth-order valence-electron chi connectivity index (χ4n) is 2.68. The molecule has 0 radical (unpaired) electrons. The van der Waals surface area contributed by atoms with Crippen molar-refractivity contribution in [3.63, 3.8) is 0 Å². The third kappa shape index (κ3) is 3.33. The van der Waals surface area contributed by atoms with Gasteiger partial charge in [0.05, 0.1) is 13.2 Å². The summed E-state index contributed by atoms with van der Waals surface area (Å²) in [4.78, 5) is 19.9. The van der Waals surface area contributed by atoms with Crippen molar-refractivity contribution in [1.29, 1.82) is 0 Å². The fraction of sp³-hybridized carbons (Fsp3) is 0.769. The number of hydrogen-bond donors (Lipinski definition) is 1. The second-order valence-electron chi connectivity index (χ2n) is 5.31. The van der Waals surface area contributed by atoms with E-state index in [1.54, 1.807) is 0 Å². The van der Waals surface area contributed by atoms with E-state index in [1.807, 2.05) is 0 Å². The van der Waals surface area contributed by atoms with E-state index in [9.17, 15) is 0 Å². The van der Waals surface area contributed by atoms with Gasteiger partial charge in [-0.05, 0) is 6.54 Å². The molecule has 116 valence electrons. The van der Waals surface area contributed by atoms with E-state index in [-0.39, 0.29) is 0 Å². The van der Waals surface area contributed by atoms with Crippen LogP contribution in [-0.2, 0) is 4.74 Å². The number of nitrogen functional groups attached to an aromatic ring is 1. The van der Waals surface area contributed by atoms with Crippen molar-refractivity contribution in [1.82, 2.24) is 19.9 Å². The number of piperazine rings is 1. The summed E-state index contributed by atoms with van der Waals surface area (Å²) >= 11 is 0. The number of ether oxygens (including phenoxy) is 1. The number of hydrogen-bond acceptors (Lipinski definition) is 8. The van der Waals surface area contributed by atoms with E-state index >= 15 is 0 Å². The Morgan fingerprint density at radius 2 is 1.48 bits per heavy atom. The summed E-state index contributed by atoms with van der Waals surface area (Å²) < 4.78 is 5.36. The van der Waals surface area contributed by atoms with Crippen LogP contribution in [0.5, 0.6) is 0 Å². The van der Waals surface area contributed by atoms with E-state index in [0.29, 0.717) is 31.1 Å². The Balaban J connectivity index is 1.74. The Morgan fingerprint density at radius 3 is 2.05 bits per heavy atom. The van der Waals surface area contributed by atoms with Gasteiger partial charge in [-0.3, -0.25) is 0 Å². The Morgan fingerprint density at radius 1 is 0.905 bits per heavy atom. The molecule has 0 spiro atoms. The topological polar surface area (TPSA) is 83.6 Å². The van der Waals surface area contributed by atoms with Crippen molar-refractivity contribution in [2.24, 2.45) is 0 Å². The van der Waals surface area contributed by atoms with E-state index in [4.69, 9.17) is 10.5 Å². The summed E-state index contributed by atoms with van der Waals surface area (Å²) in [5.41, 5.74) is 5.87. The fourth-order valence-corrected chi connectivity index (χ4v) is 2.68. The minimum absolute atomic E-state index is 0.291. The Hall–Kier alpha value is -1.67. The second-order valence-corrected chi connectivity index (χ2v) is 5.31. The van der Waals surface area contributed by atoms with Gasteiger partial charge in [0, 0.05) is 39.3 Å². The van der Waals surface area contributed by atoms with Gasteiger partial charge in [-0.25, -0.2) is 0 Å². The lowest BCUT2D eigenvalue weighted by Crippen LogP contribution is -2.47. The highest BCUT2D eigenvalue weighted by molar-refractivity contribution is 5.44. The van der Waals surface area contributed by atoms with Gasteiger partial charge >= 0.3 is 0 Å². The van der Waals surface area contributed by atoms with Gasteiger partial charge < -0.3 is 25.2 Å². The molecule has 2 N–H and O–H groups in total. The summed E-state index contributed by atoms with van der Waals surface area (Å²) in [6.07, 6.45) is 0. The molecular formula is C13H23N7O. The van der Waals surface area contributed by atoms with Gasteiger partial charge in [-0.2, -0.15) is 15.0 Å².